The van der Waals surface area contributed by atoms with E-state index in [-0.39, 0.29) is 6.04 Å². The van der Waals surface area contributed by atoms with Crippen molar-refractivity contribution in [2.75, 3.05) is 21.2 Å². The Morgan fingerprint density at radius 3 is 2.26 bits per heavy atom. The molecule has 4 heteroatoms. The second kappa shape index (κ2) is 6.06. The fraction of sp³-hybridized carbons (Fsp3) is 0.533. The van der Waals surface area contributed by atoms with Crippen LogP contribution in [0.2, 0.25) is 0 Å². The van der Waals surface area contributed by atoms with Gasteiger partial charge in [-0.2, -0.15) is 0 Å². The summed E-state index contributed by atoms with van der Waals surface area (Å²) in [6.45, 7) is 5.70. The zero-order valence-corrected chi connectivity index (χ0v) is 12.5. The summed E-state index contributed by atoms with van der Waals surface area (Å²) < 4.78 is 5.30. The lowest BCUT2D eigenvalue weighted by molar-refractivity contribution is -0.143. The van der Waals surface area contributed by atoms with E-state index in [9.17, 15) is 9.90 Å². The number of nitrogens with zero attached hydrogens (tertiary/aromatic N) is 1. The average molecular weight is 265 g/mol. The lowest BCUT2D eigenvalue weighted by Crippen LogP contribution is -2.31. The Morgan fingerprint density at radius 1 is 1.26 bits per heavy atom. The molecule has 0 saturated heterocycles. The van der Waals surface area contributed by atoms with Crippen LogP contribution >= 0.6 is 0 Å². The molecular weight excluding hydrogens is 242 g/mol. The SMILES string of the molecule is COc1cc(C)c(C(C(C)C(=O)O)N(C)C)cc1C. The average Bonchev–Trinajstić information content (AvgIpc) is 2.32. The first-order valence-corrected chi connectivity index (χ1v) is 6.34. The molecule has 0 radical (unpaired) electrons. The maximum Gasteiger partial charge on any atom is 0.308 e. The van der Waals surface area contributed by atoms with Crippen LogP contribution in [0.25, 0.3) is 0 Å². The smallest absolute Gasteiger partial charge is 0.308 e. The second-order valence-corrected chi connectivity index (χ2v) is 5.21. The van der Waals surface area contributed by atoms with Gasteiger partial charge in [-0.1, -0.05) is 13.0 Å². The van der Waals surface area contributed by atoms with Gasteiger partial charge >= 0.3 is 5.97 Å². The van der Waals surface area contributed by atoms with Crippen LogP contribution in [0.1, 0.15) is 29.7 Å². The van der Waals surface area contributed by atoms with Crippen LogP contribution in [0.4, 0.5) is 0 Å². The van der Waals surface area contributed by atoms with Crippen molar-refractivity contribution in [3.8, 4) is 5.75 Å². The molecule has 0 fully saturated rings. The van der Waals surface area contributed by atoms with Gasteiger partial charge in [0.25, 0.3) is 0 Å². The van der Waals surface area contributed by atoms with E-state index in [0.29, 0.717) is 0 Å². The molecule has 0 bridgehead atoms. The fourth-order valence-electron chi connectivity index (χ4n) is 2.48. The number of aryl methyl sites for hydroxylation is 2. The van der Waals surface area contributed by atoms with E-state index in [2.05, 4.69) is 0 Å². The summed E-state index contributed by atoms with van der Waals surface area (Å²) in [5.74, 6) is -0.421. The van der Waals surface area contributed by atoms with E-state index in [1.54, 1.807) is 14.0 Å². The van der Waals surface area contributed by atoms with E-state index in [1.165, 1.54) is 0 Å². The number of rotatable bonds is 5. The Kier molecular flexibility index (Phi) is 4.95. The molecule has 1 aromatic rings. The number of benzene rings is 1. The van der Waals surface area contributed by atoms with Gasteiger partial charge in [0.15, 0.2) is 0 Å². The number of methoxy groups -OCH3 is 1. The third kappa shape index (κ3) is 3.26. The summed E-state index contributed by atoms with van der Waals surface area (Å²) in [4.78, 5) is 13.2. The highest BCUT2D eigenvalue weighted by Gasteiger charge is 2.28. The predicted octanol–water partition coefficient (Wildman–Crippen LogP) is 2.64. The van der Waals surface area contributed by atoms with Gasteiger partial charge in [-0.3, -0.25) is 4.79 Å². The van der Waals surface area contributed by atoms with Gasteiger partial charge in [-0.15, -0.1) is 0 Å². The maximum absolute atomic E-state index is 11.3. The zero-order valence-electron chi connectivity index (χ0n) is 12.5. The molecule has 2 unspecified atom stereocenters. The third-order valence-corrected chi connectivity index (χ3v) is 3.52. The number of carboxylic acid groups (broad SMARTS) is 1. The van der Waals surface area contributed by atoms with Gasteiger partial charge in [-0.25, -0.2) is 0 Å². The molecule has 0 saturated carbocycles. The van der Waals surface area contributed by atoms with Crippen molar-refractivity contribution in [2.45, 2.75) is 26.8 Å². The first-order valence-electron chi connectivity index (χ1n) is 6.34. The van der Waals surface area contributed by atoms with Crippen LogP contribution in [0.3, 0.4) is 0 Å². The second-order valence-electron chi connectivity index (χ2n) is 5.21. The number of carboxylic acids is 1. The number of aliphatic carboxylic acids is 1. The van der Waals surface area contributed by atoms with Crippen molar-refractivity contribution < 1.29 is 14.6 Å². The van der Waals surface area contributed by atoms with Crippen LogP contribution in [0.5, 0.6) is 5.75 Å². The molecule has 0 amide bonds. The predicted molar refractivity (Wildman–Crippen MR) is 75.7 cm³/mol. The minimum atomic E-state index is -0.786. The molecule has 0 aliphatic heterocycles. The highest BCUT2D eigenvalue weighted by atomic mass is 16.5. The van der Waals surface area contributed by atoms with Crippen molar-refractivity contribution in [3.05, 3.63) is 28.8 Å². The number of ether oxygens (including phenoxy) is 1. The van der Waals surface area contributed by atoms with Gasteiger partial charge in [0.05, 0.1) is 13.0 Å². The molecule has 0 aromatic heterocycles. The Morgan fingerprint density at radius 2 is 1.84 bits per heavy atom. The molecule has 0 aliphatic carbocycles. The standard InChI is InChI=1S/C15H23NO3/c1-9-8-13(19-6)10(2)7-12(9)14(16(4)5)11(3)15(17)18/h7-8,11,14H,1-6H3,(H,17,18). The lowest BCUT2D eigenvalue weighted by Gasteiger charge is -2.30. The van der Waals surface area contributed by atoms with Crippen molar-refractivity contribution in [3.63, 3.8) is 0 Å². The van der Waals surface area contributed by atoms with Crippen LogP contribution in [-0.2, 0) is 4.79 Å². The first kappa shape index (κ1) is 15.5. The van der Waals surface area contributed by atoms with Gasteiger partial charge < -0.3 is 14.7 Å². The summed E-state index contributed by atoms with van der Waals surface area (Å²) in [5, 5.41) is 9.27. The molecule has 2 atom stereocenters. The molecular formula is C15H23NO3. The minimum Gasteiger partial charge on any atom is -0.496 e. The Balaban J connectivity index is 3.31. The van der Waals surface area contributed by atoms with Crippen molar-refractivity contribution in [1.29, 1.82) is 0 Å². The normalized spacial score (nSPS) is 14.3. The van der Waals surface area contributed by atoms with Crippen LogP contribution in [0.15, 0.2) is 12.1 Å². The maximum atomic E-state index is 11.3. The Labute approximate surface area is 115 Å². The van der Waals surface area contributed by atoms with E-state index >= 15 is 0 Å². The molecule has 1 aromatic carbocycles. The Hall–Kier alpha value is -1.55. The minimum absolute atomic E-state index is 0.151. The van der Waals surface area contributed by atoms with Crippen LogP contribution in [-0.4, -0.2) is 37.2 Å². The molecule has 1 N–H and O–H groups in total. The van der Waals surface area contributed by atoms with E-state index < -0.39 is 11.9 Å². The summed E-state index contributed by atoms with van der Waals surface area (Å²) in [7, 11) is 5.46. The largest absolute Gasteiger partial charge is 0.496 e. The Bertz CT molecular complexity index is 469. The summed E-state index contributed by atoms with van der Waals surface area (Å²) in [5.41, 5.74) is 3.11. The van der Waals surface area contributed by atoms with E-state index in [1.807, 2.05) is 45.0 Å². The highest BCUT2D eigenvalue weighted by molar-refractivity contribution is 5.71. The number of carbonyl (C=O) groups is 1. The van der Waals surface area contributed by atoms with Crippen LogP contribution < -0.4 is 4.74 Å². The third-order valence-electron chi connectivity index (χ3n) is 3.52. The van der Waals surface area contributed by atoms with Crippen molar-refractivity contribution in [2.24, 2.45) is 5.92 Å². The topological polar surface area (TPSA) is 49.8 Å². The first-order chi connectivity index (χ1) is 8.79. The zero-order chi connectivity index (χ0) is 14.7. The number of hydrogen-bond donors (Lipinski definition) is 1. The van der Waals surface area contributed by atoms with Crippen LogP contribution in [0, 0.1) is 19.8 Å². The van der Waals surface area contributed by atoms with Gasteiger partial charge in [-0.05, 0) is 50.7 Å². The molecule has 0 aliphatic rings. The summed E-state index contributed by atoms with van der Waals surface area (Å²) in [6, 6.07) is 3.84. The van der Waals surface area contributed by atoms with Gasteiger partial charge in [0.2, 0.25) is 0 Å². The molecule has 0 heterocycles. The van der Waals surface area contributed by atoms with E-state index in [0.717, 1.165) is 22.4 Å². The quantitative estimate of drug-likeness (QED) is 0.889. The molecule has 4 nitrogen and oxygen atoms in total. The van der Waals surface area contributed by atoms with E-state index in [4.69, 9.17) is 4.74 Å². The van der Waals surface area contributed by atoms with Crippen molar-refractivity contribution >= 4 is 5.97 Å². The van der Waals surface area contributed by atoms with Gasteiger partial charge in [0.1, 0.15) is 5.75 Å². The summed E-state index contributed by atoms with van der Waals surface area (Å²) >= 11 is 0. The monoisotopic (exact) mass is 265 g/mol. The molecule has 19 heavy (non-hydrogen) atoms. The van der Waals surface area contributed by atoms with Gasteiger partial charge in [0, 0.05) is 6.04 Å². The van der Waals surface area contributed by atoms with Crippen molar-refractivity contribution in [1.82, 2.24) is 4.90 Å². The fourth-order valence-corrected chi connectivity index (χ4v) is 2.48. The molecule has 0 spiro atoms. The molecule has 1 rings (SSSR count). The highest BCUT2D eigenvalue weighted by Crippen LogP contribution is 2.33. The summed E-state index contributed by atoms with van der Waals surface area (Å²) in [6.07, 6.45) is 0. The number of hydrogen-bond acceptors (Lipinski definition) is 3. The lowest BCUT2D eigenvalue weighted by atomic mass is 9.89. The molecule has 106 valence electrons.